The number of carbonyl (C=O) groups excluding carboxylic acids is 1. The van der Waals surface area contributed by atoms with Gasteiger partial charge < -0.3 is 10.1 Å². The molecule has 1 saturated carbocycles. The van der Waals surface area contributed by atoms with Crippen molar-refractivity contribution in [2.45, 2.75) is 58.6 Å². The Bertz CT molecular complexity index is 685. The van der Waals surface area contributed by atoms with E-state index in [4.69, 9.17) is 4.74 Å². The van der Waals surface area contributed by atoms with Gasteiger partial charge in [0.1, 0.15) is 5.75 Å². The summed E-state index contributed by atoms with van der Waals surface area (Å²) in [5, 5.41) is 11.3. The number of nitrogens with one attached hydrogen (secondary N) is 2. The van der Waals surface area contributed by atoms with E-state index in [0.29, 0.717) is 6.04 Å². The molecule has 1 aliphatic carbocycles. The Kier molecular flexibility index (Phi) is 4.55. The van der Waals surface area contributed by atoms with E-state index in [0.717, 1.165) is 47.9 Å². The predicted octanol–water partition coefficient (Wildman–Crippen LogP) is 3.33. The van der Waals surface area contributed by atoms with Gasteiger partial charge in [0.15, 0.2) is 0 Å². The van der Waals surface area contributed by atoms with Crippen LogP contribution in [0.25, 0.3) is 10.9 Å². The molecule has 0 spiro atoms. The molecule has 124 valence electrons. The average Bonchev–Trinajstić information content (AvgIpc) is 3.01. The minimum atomic E-state index is 0.0494. The number of hydrogen-bond acceptors (Lipinski definition) is 3. The zero-order valence-corrected chi connectivity index (χ0v) is 14.1. The zero-order chi connectivity index (χ0) is 16.4. The normalized spacial score (nSPS) is 21.6. The van der Waals surface area contributed by atoms with Gasteiger partial charge in [-0.2, -0.15) is 5.10 Å². The second-order valence-electron chi connectivity index (χ2n) is 6.77. The number of rotatable bonds is 4. The molecule has 23 heavy (non-hydrogen) atoms. The first-order chi connectivity index (χ1) is 11.0. The Morgan fingerprint density at radius 1 is 1.30 bits per heavy atom. The lowest BCUT2D eigenvalue weighted by Gasteiger charge is -2.30. The van der Waals surface area contributed by atoms with Crippen molar-refractivity contribution in [3.63, 3.8) is 0 Å². The van der Waals surface area contributed by atoms with Gasteiger partial charge in [-0.1, -0.05) is 13.8 Å². The van der Waals surface area contributed by atoms with Gasteiger partial charge in [0, 0.05) is 22.9 Å². The number of amides is 1. The molecule has 2 aromatic rings. The third-order valence-electron chi connectivity index (χ3n) is 4.68. The molecule has 1 aliphatic rings. The maximum absolute atomic E-state index is 11.8. The standard InChI is InChI=1S/C18H25N3O2/c1-11(2)18(22)20-13-4-6-14(7-5-13)23-17-9-8-16-15(12(17)3)10-19-21-16/h8-11,13-14H,4-7H2,1-3H3,(H,19,21)(H,20,22). The number of benzene rings is 1. The van der Waals surface area contributed by atoms with Crippen molar-refractivity contribution in [1.29, 1.82) is 0 Å². The molecule has 1 fully saturated rings. The fourth-order valence-corrected chi connectivity index (χ4v) is 3.14. The fourth-order valence-electron chi connectivity index (χ4n) is 3.14. The van der Waals surface area contributed by atoms with Crippen LogP contribution in [0.1, 0.15) is 45.1 Å². The van der Waals surface area contributed by atoms with Gasteiger partial charge in [0.2, 0.25) is 5.91 Å². The maximum atomic E-state index is 11.8. The lowest BCUT2D eigenvalue weighted by molar-refractivity contribution is -0.125. The summed E-state index contributed by atoms with van der Waals surface area (Å²) >= 11 is 0. The molecule has 0 radical (unpaired) electrons. The summed E-state index contributed by atoms with van der Waals surface area (Å²) in [4.78, 5) is 11.8. The van der Waals surface area contributed by atoms with Gasteiger partial charge in [0.25, 0.3) is 0 Å². The van der Waals surface area contributed by atoms with Crippen LogP contribution in [0.3, 0.4) is 0 Å². The SMILES string of the molecule is Cc1c(OC2CCC(NC(=O)C(C)C)CC2)ccc2[nH]ncc12. The van der Waals surface area contributed by atoms with E-state index in [9.17, 15) is 4.79 Å². The topological polar surface area (TPSA) is 67.0 Å². The highest BCUT2D eigenvalue weighted by Crippen LogP contribution is 2.30. The minimum absolute atomic E-state index is 0.0494. The van der Waals surface area contributed by atoms with Crippen LogP contribution in [0.15, 0.2) is 18.3 Å². The van der Waals surface area contributed by atoms with Crippen LogP contribution in [0.4, 0.5) is 0 Å². The van der Waals surface area contributed by atoms with Crippen LogP contribution in [0.5, 0.6) is 5.75 Å². The summed E-state index contributed by atoms with van der Waals surface area (Å²) in [6, 6.07) is 4.32. The van der Waals surface area contributed by atoms with Crippen molar-refractivity contribution < 1.29 is 9.53 Å². The van der Waals surface area contributed by atoms with Gasteiger partial charge >= 0.3 is 0 Å². The van der Waals surface area contributed by atoms with E-state index >= 15 is 0 Å². The molecule has 5 heteroatoms. The van der Waals surface area contributed by atoms with E-state index < -0.39 is 0 Å². The van der Waals surface area contributed by atoms with E-state index in [1.165, 1.54) is 0 Å². The molecule has 3 rings (SSSR count). The lowest BCUT2D eigenvalue weighted by atomic mass is 9.92. The third-order valence-corrected chi connectivity index (χ3v) is 4.68. The van der Waals surface area contributed by atoms with E-state index in [-0.39, 0.29) is 17.9 Å². The maximum Gasteiger partial charge on any atom is 0.222 e. The van der Waals surface area contributed by atoms with E-state index in [1.54, 1.807) is 0 Å². The number of nitrogens with zero attached hydrogens (tertiary/aromatic N) is 1. The van der Waals surface area contributed by atoms with Crippen LogP contribution in [-0.2, 0) is 4.79 Å². The molecule has 2 N–H and O–H groups in total. The molecular formula is C18H25N3O2. The average molecular weight is 315 g/mol. The smallest absolute Gasteiger partial charge is 0.222 e. The van der Waals surface area contributed by atoms with Crippen molar-refractivity contribution in [1.82, 2.24) is 15.5 Å². The molecule has 0 bridgehead atoms. The number of carbonyl (C=O) groups is 1. The molecule has 0 unspecified atom stereocenters. The van der Waals surface area contributed by atoms with Gasteiger partial charge in [-0.25, -0.2) is 0 Å². The summed E-state index contributed by atoms with van der Waals surface area (Å²) < 4.78 is 6.21. The van der Waals surface area contributed by atoms with E-state index in [2.05, 4.69) is 22.4 Å². The van der Waals surface area contributed by atoms with Crippen LogP contribution < -0.4 is 10.1 Å². The molecule has 5 nitrogen and oxygen atoms in total. The largest absolute Gasteiger partial charge is 0.490 e. The second kappa shape index (κ2) is 6.60. The van der Waals surface area contributed by atoms with Gasteiger partial charge in [-0.05, 0) is 44.7 Å². The number of fused-ring (bicyclic) bond motifs is 1. The Morgan fingerprint density at radius 3 is 2.74 bits per heavy atom. The first-order valence-electron chi connectivity index (χ1n) is 8.44. The zero-order valence-electron chi connectivity index (χ0n) is 14.1. The summed E-state index contributed by atoms with van der Waals surface area (Å²) in [7, 11) is 0. The van der Waals surface area contributed by atoms with Gasteiger partial charge in [-0.3, -0.25) is 9.89 Å². The number of aromatic nitrogens is 2. The highest BCUT2D eigenvalue weighted by molar-refractivity contribution is 5.83. The molecule has 1 aromatic heterocycles. The van der Waals surface area contributed by atoms with E-state index in [1.807, 2.05) is 32.2 Å². The molecule has 1 heterocycles. The summed E-state index contributed by atoms with van der Waals surface area (Å²) in [5.41, 5.74) is 2.17. The Morgan fingerprint density at radius 2 is 2.04 bits per heavy atom. The number of hydrogen-bond donors (Lipinski definition) is 2. The van der Waals surface area contributed by atoms with Crippen molar-refractivity contribution in [2.24, 2.45) is 5.92 Å². The monoisotopic (exact) mass is 315 g/mol. The van der Waals surface area contributed by atoms with Crippen LogP contribution in [-0.4, -0.2) is 28.3 Å². The Balaban J connectivity index is 1.58. The Labute approximate surface area is 136 Å². The number of H-pyrrole nitrogens is 1. The van der Waals surface area contributed by atoms with Crippen molar-refractivity contribution in [3.8, 4) is 5.75 Å². The molecular weight excluding hydrogens is 290 g/mol. The molecule has 0 saturated heterocycles. The Hall–Kier alpha value is -2.04. The summed E-state index contributed by atoms with van der Waals surface area (Å²) in [6.07, 6.45) is 5.99. The highest BCUT2D eigenvalue weighted by Gasteiger charge is 2.24. The number of aryl methyl sites for hydroxylation is 1. The number of ether oxygens (including phenoxy) is 1. The third kappa shape index (κ3) is 3.49. The van der Waals surface area contributed by atoms with Crippen LogP contribution >= 0.6 is 0 Å². The summed E-state index contributed by atoms with van der Waals surface area (Å²) in [5.74, 6) is 1.14. The molecule has 0 atom stereocenters. The first kappa shape index (κ1) is 15.8. The lowest BCUT2D eigenvalue weighted by Crippen LogP contribution is -2.41. The highest BCUT2D eigenvalue weighted by atomic mass is 16.5. The van der Waals surface area contributed by atoms with Crippen molar-refractivity contribution >= 4 is 16.8 Å². The van der Waals surface area contributed by atoms with Crippen LogP contribution in [0, 0.1) is 12.8 Å². The van der Waals surface area contributed by atoms with Crippen molar-refractivity contribution in [3.05, 3.63) is 23.9 Å². The van der Waals surface area contributed by atoms with Crippen LogP contribution in [0.2, 0.25) is 0 Å². The van der Waals surface area contributed by atoms with Crippen molar-refractivity contribution in [2.75, 3.05) is 0 Å². The minimum Gasteiger partial charge on any atom is -0.490 e. The molecule has 1 aromatic carbocycles. The summed E-state index contributed by atoms with van der Waals surface area (Å²) in [6.45, 7) is 5.93. The second-order valence-corrected chi connectivity index (χ2v) is 6.77. The first-order valence-corrected chi connectivity index (χ1v) is 8.44. The number of aromatic amines is 1. The fraction of sp³-hybridized carbons (Fsp3) is 0.556. The van der Waals surface area contributed by atoms with Gasteiger partial charge in [-0.15, -0.1) is 0 Å². The van der Waals surface area contributed by atoms with Gasteiger partial charge in [0.05, 0.1) is 17.8 Å². The molecule has 1 amide bonds. The predicted molar refractivity (Wildman–Crippen MR) is 90.5 cm³/mol. The molecule has 0 aliphatic heterocycles. The quantitative estimate of drug-likeness (QED) is 0.909.